The highest BCUT2D eigenvalue weighted by Gasteiger charge is 2.22. The minimum Gasteiger partial charge on any atom is -0.392 e. The van der Waals surface area contributed by atoms with Gasteiger partial charge >= 0.3 is 0 Å². The molecule has 2 atom stereocenters. The number of rotatable bonds is 1. The van der Waals surface area contributed by atoms with Crippen LogP contribution in [0.4, 0.5) is 0 Å². The Morgan fingerprint density at radius 1 is 1.25 bits per heavy atom. The van der Waals surface area contributed by atoms with Crippen LogP contribution in [0.5, 0.6) is 0 Å². The summed E-state index contributed by atoms with van der Waals surface area (Å²) in [7, 11) is 0. The van der Waals surface area contributed by atoms with E-state index < -0.39 is 0 Å². The molecule has 2 nitrogen and oxygen atoms in total. The van der Waals surface area contributed by atoms with Crippen LogP contribution in [0.15, 0.2) is 35.5 Å². The summed E-state index contributed by atoms with van der Waals surface area (Å²) in [6, 6.07) is 10.3. The Balaban J connectivity index is 2.25. The lowest BCUT2D eigenvalue weighted by atomic mass is 9.96. The molecule has 12 heavy (non-hydrogen) atoms. The molecule has 0 aromatic heterocycles. The maximum absolute atomic E-state index is 5.09. The average molecular weight is 161 g/mol. The summed E-state index contributed by atoms with van der Waals surface area (Å²) in [5, 5.41) is 3.80. The Morgan fingerprint density at radius 2 is 2.00 bits per heavy atom. The van der Waals surface area contributed by atoms with Gasteiger partial charge in [0.05, 0.1) is 12.1 Å². The summed E-state index contributed by atoms with van der Waals surface area (Å²) in [6.45, 7) is 2.03. The van der Waals surface area contributed by atoms with Gasteiger partial charge in [-0.1, -0.05) is 35.5 Å². The summed E-state index contributed by atoms with van der Waals surface area (Å²) < 4.78 is 0. The molecule has 2 rings (SSSR count). The zero-order chi connectivity index (χ0) is 8.39. The van der Waals surface area contributed by atoms with Crippen molar-refractivity contribution in [1.29, 1.82) is 0 Å². The molecule has 0 aliphatic carbocycles. The third kappa shape index (κ3) is 1.20. The molecule has 0 amide bonds. The van der Waals surface area contributed by atoms with Crippen LogP contribution in [0.1, 0.15) is 18.4 Å². The monoisotopic (exact) mass is 161 g/mol. The highest BCUT2D eigenvalue weighted by atomic mass is 16.6. The number of hydrogen-bond donors (Lipinski definition) is 0. The van der Waals surface area contributed by atoms with Gasteiger partial charge in [0, 0.05) is 0 Å². The van der Waals surface area contributed by atoms with Crippen LogP contribution < -0.4 is 0 Å². The molecule has 0 N–H and O–H groups in total. The highest BCUT2D eigenvalue weighted by molar-refractivity contribution is 5.69. The smallest absolute Gasteiger partial charge is 0.136 e. The molecule has 0 fully saturated rings. The van der Waals surface area contributed by atoms with Gasteiger partial charge in [0.1, 0.15) is 6.10 Å². The van der Waals surface area contributed by atoms with Crippen molar-refractivity contribution in [2.75, 3.05) is 0 Å². The van der Waals surface area contributed by atoms with Crippen molar-refractivity contribution in [2.45, 2.75) is 18.9 Å². The molecule has 0 bridgehead atoms. The zero-order valence-electron chi connectivity index (χ0n) is 6.97. The Hall–Kier alpha value is -1.31. The van der Waals surface area contributed by atoms with E-state index in [1.54, 1.807) is 0 Å². The molecule has 1 aromatic rings. The molecule has 2 heteroatoms. The fraction of sp³-hybridized carbons (Fsp3) is 0.300. The first-order valence-electron chi connectivity index (χ1n) is 4.12. The molecule has 0 spiro atoms. The van der Waals surface area contributed by atoms with E-state index in [9.17, 15) is 0 Å². The fourth-order valence-electron chi connectivity index (χ4n) is 1.42. The second-order valence-electron chi connectivity index (χ2n) is 3.00. The van der Waals surface area contributed by atoms with Crippen molar-refractivity contribution in [3.63, 3.8) is 0 Å². The number of oxime groups is 1. The van der Waals surface area contributed by atoms with E-state index in [0.717, 1.165) is 0 Å². The van der Waals surface area contributed by atoms with Gasteiger partial charge < -0.3 is 4.84 Å². The largest absolute Gasteiger partial charge is 0.392 e. The number of benzene rings is 1. The molecular formula is C10H11NO. The Kier molecular flexibility index (Phi) is 1.82. The number of hydrogen-bond acceptors (Lipinski definition) is 2. The maximum Gasteiger partial charge on any atom is 0.136 e. The van der Waals surface area contributed by atoms with Crippen LogP contribution in [0.2, 0.25) is 0 Å². The van der Waals surface area contributed by atoms with E-state index in [-0.39, 0.29) is 6.10 Å². The van der Waals surface area contributed by atoms with Crippen LogP contribution in [0, 0.1) is 0 Å². The van der Waals surface area contributed by atoms with Crippen LogP contribution in [0.25, 0.3) is 0 Å². The van der Waals surface area contributed by atoms with E-state index in [4.69, 9.17) is 4.84 Å². The van der Waals surface area contributed by atoms with Crippen LogP contribution in [0.3, 0.4) is 0 Å². The third-order valence-electron chi connectivity index (χ3n) is 2.14. The van der Waals surface area contributed by atoms with Gasteiger partial charge in [0.15, 0.2) is 0 Å². The maximum atomic E-state index is 5.09. The lowest BCUT2D eigenvalue weighted by molar-refractivity contribution is 0.0905. The first kappa shape index (κ1) is 7.35. The summed E-state index contributed by atoms with van der Waals surface area (Å²) >= 11 is 0. The Labute approximate surface area is 71.8 Å². The molecule has 1 aromatic carbocycles. The predicted octanol–water partition coefficient (Wildman–Crippen LogP) is 2.17. The molecule has 0 unspecified atom stereocenters. The molecule has 62 valence electrons. The quantitative estimate of drug-likeness (QED) is 0.618. The van der Waals surface area contributed by atoms with Crippen molar-refractivity contribution in [1.82, 2.24) is 0 Å². The topological polar surface area (TPSA) is 21.6 Å². The first-order valence-corrected chi connectivity index (χ1v) is 4.12. The van der Waals surface area contributed by atoms with E-state index >= 15 is 0 Å². The van der Waals surface area contributed by atoms with Crippen molar-refractivity contribution in [2.24, 2.45) is 5.16 Å². The van der Waals surface area contributed by atoms with Gasteiger partial charge in [-0.3, -0.25) is 0 Å². The lowest BCUT2D eigenvalue weighted by Crippen LogP contribution is -2.11. The molecule has 1 aliphatic heterocycles. The van der Waals surface area contributed by atoms with Gasteiger partial charge in [-0.25, -0.2) is 0 Å². The average Bonchev–Trinajstić information content (AvgIpc) is 2.53. The molecule has 0 radical (unpaired) electrons. The van der Waals surface area contributed by atoms with Crippen LogP contribution in [-0.4, -0.2) is 12.3 Å². The fourth-order valence-corrected chi connectivity index (χ4v) is 1.42. The Morgan fingerprint density at radius 3 is 2.58 bits per heavy atom. The summed E-state index contributed by atoms with van der Waals surface area (Å²) in [5.74, 6) is 0.325. The van der Waals surface area contributed by atoms with Crippen molar-refractivity contribution < 1.29 is 4.84 Å². The Bertz CT molecular complexity index is 281. The van der Waals surface area contributed by atoms with E-state index in [0.29, 0.717) is 5.92 Å². The minimum absolute atomic E-state index is 0.174. The normalized spacial score (nSPS) is 27.1. The first-order chi connectivity index (χ1) is 5.88. The summed E-state index contributed by atoms with van der Waals surface area (Å²) in [4.78, 5) is 5.09. The van der Waals surface area contributed by atoms with Gasteiger partial charge in [-0.05, 0) is 12.5 Å². The van der Waals surface area contributed by atoms with Crippen molar-refractivity contribution in [3.8, 4) is 0 Å². The second-order valence-corrected chi connectivity index (χ2v) is 3.00. The van der Waals surface area contributed by atoms with Crippen LogP contribution in [-0.2, 0) is 4.84 Å². The number of nitrogens with zero attached hydrogens (tertiary/aromatic N) is 1. The van der Waals surface area contributed by atoms with Crippen molar-refractivity contribution in [3.05, 3.63) is 35.9 Å². The van der Waals surface area contributed by atoms with Crippen LogP contribution >= 0.6 is 0 Å². The van der Waals surface area contributed by atoms with Gasteiger partial charge in [0.2, 0.25) is 0 Å². The SMILES string of the molecule is C[C@@H]1ON=C[C@H]1c1ccccc1. The molecule has 1 heterocycles. The summed E-state index contributed by atoms with van der Waals surface area (Å²) in [5.41, 5.74) is 1.27. The summed E-state index contributed by atoms with van der Waals surface area (Å²) in [6.07, 6.45) is 2.03. The minimum atomic E-state index is 0.174. The van der Waals surface area contributed by atoms with Crippen molar-refractivity contribution >= 4 is 6.21 Å². The van der Waals surface area contributed by atoms with Gasteiger partial charge in [-0.15, -0.1) is 0 Å². The molecule has 0 saturated heterocycles. The molecular weight excluding hydrogens is 150 g/mol. The van der Waals surface area contributed by atoms with E-state index in [2.05, 4.69) is 17.3 Å². The predicted molar refractivity (Wildman–Crippen MR) is 48.2 cm³/mol. The molecule has 0 saturated carbocycles. The lowest BCUT2D eigenvalue weighted by Gasteiger charge is -2.10. The van der Waals surface area contributed by atoms with E-state index in [1.807, 2.05) is 31.3 Å². The highest BCUT2D eigenvalue weighted by Crippen LogP contribution is 2.23. The van der Waals surface area contributed by atoms with Gasteiger partial charge in [-0.2, -0.15) is 0 Å². The van der Waals surface area contributed by atoms with E-state index in [1.165, 1.54) is 5.56 Å². The molecule has 1 aliphatic rings. The third-order valence-corrected chi connectivity index (χ3v) is 2.14. The zero-order valence-corrected chi connectivity index (χ0v) is 6.97. The van der Waals surface area contributed by atoms with Gasteiger partial charge in [0.25, 0.3) is 0 Å². The standard InChI is InChI=1S/C10H11NO/c1-8-10(7-11-12-8)9-5-3-2-4-6-9/h2-8,10H,1H3/t8-,10+/m0/s1. The second kappa shape index (κ2) is 2.97.